The van der Waals surface area contributed by atoms with Crippen LogP contribution in [-0.4, -0.2) is 20.0 Å². The predicted molar refractivity (Wildman–Crippen MR) is 106 cm³/mol. The lowest BCUT2D eigenvalue weighted by Crippen LogP contribution is -2.54. The van der Waals surface area contributed by atoms with E-state index in [4.69, 9.17) is 9.47 Å². The maximum atomic E-state index is 13.6. The quantitative estimate of drug-likeness (QED) is 0.634. The van der Waals surface area contributed by atoms with Gasteiger partial charge in [0.15, 0.2) is 17.3 Å². The Hall–Kier alpha value is -1.29. The molecule has 4 heteroatoms. The Kier molecular flexibility index (Phi) is 3.90. The number of Topliss-reactive ketones (excluding diaryl/α,β-unsaturated/α-hetero) is 1. The van der Waals surface area contributed by atoms with Crippen molar-refractivity contribution in [1.29, 1.82) is 0 Å². The van der Waals surface area contributed by atoms with Gasteiger partial charge in [-0.15, -0.1) is 0 Å². The van der Waals surface area contributed by atoms with Crippen molar-refractivity contribution in [3.8, 4) is 11.5 Å². The Morgan fingerprint density at radius 3 is 2.31 bits per heavy atom. The minimum Gasteiger partial charge on any atom is -0.493 e. The van der Waals surface area contributed by atoms with Gasteiger partial charge < -0.3 is 9.47 Å². The number of methoxy groups -OCH3 is 2. The second kappa shape index (κ2) is 5.60. The van der Waals surface area contributed by atoms with Gasteiger partial charge in [-0.3, -0.25) is 4.79 Å². The smallest absolute Gasteiger partial charge is 0.167 e. The maximum absolute atomic E-state index is 13.6. The molecule has 0 N–H and O–H groups in total. The molecular formula is C22H27BrO3. The first-order chi connectivity index (χ1) is 12.2. The van der Waals surface area contributed by atoms with Gasteiger partial charge >= 0.3 is 0 Å². The van der Waals surface area contributed by atoms with Crippen molar-refractivity contribution >= 4 is 21.7 Å². The van der Waals surface area contributed by atoms with Gasteiger partial charge in [0.25, 0.3) is 0 Å². The Morgan fingerprint density at radius 1 is 1.08 bits per heavy atom. The highest BCUT2D eigenvalue weighted by atomic mass is 79.9. The van der Waals surface area contributed by atoms with Crippen LogP contribution in [0.3, 0.4) is 0 Å². The summed E-state index contributed by atoms with van der Waals surface area (Å²) >= 11 is 3.71. The topological polar surface area (TPSA) is 35.5 Å². The van der Waals surface area contributed by atoms with Crippen molar-refractivity contribution < 1.29 is 14.3 Å². The molecule has 3 nitrogen and oxygen atoms in total. The summed E-state index contributed by atoms with van der Waals surface area (Å²) in [5, 5.41) is 0. The minimum absolute atomic E-state index is 0.00655. The van der Waals surface area contributed by atoms with Crippen LogP contribution >= 0.6 is 15.9 Å². The molecule has 3 aliphatic carbocycles. The third kappa shape index (κ3) is 1.92. The number of benzene rings is 1. The van der Waals surface area contributed by atoms with Crippen molar-refractivity contribution in [1.82, 2.24) is 0 Å². The molecule has 3 aliphatic rings. The van der Waals surface area contributed by atoms with Gasteiger partial charge in [0, 0.05) is 9.89 Å². The summed E-state index contributed by atoms with van der Waals surface area (Å²) in [5.74, 6) is 1.53. The molecule has 0 unspecified atom stereocenters. The second-order valence-electron chi connectivity index (χ2n) is 8.91. The summed E-state index contributed by atoms with van der Waals surface area (Å²) in [6, 6.07) is 3.93. The summed E-state index contributed by atoms with van der Waals surface area (Å²) < 4.78 is 11.9. The summed E-state index contributed by atoms with van der Waals surface area (Å²) in [5.41, 5.74) is 2.21. The van der Waals surface area contributed by atoms with E-state index in [1.807, 2.05) is 12.1 Å². The molecule has 0 saturated heterocycles. The minimum atomic E-state index is -0.134. The second-order valence-corrected chi connectivity index (χ2v) is 9.76. The molecule has 1 aromatic rings. The highest BCUT2D eigenvalue weighted by Crippen LogP contribution is 2.77. The van der Waals surface area contributed by atoms with E-state index in [2.05, 4.69) is 42.8 Å². The van der Waals surface area contributed by atoms with Gasteiger partial charge in [-0.1, -0.05) is 49.2 Å². The number of allylic oxidation sites excluding steroid dienone is 2. The fourth-order valence-electron chi connectivity index (χ4n) is 6.41. The van der Waals surface area contributed by atoms with Crippen molar-refractivity contribution in [3.63, 3.8) is 0 Å². The molecule has 3 atom stereocenters. The van der Waals surface area contributed by atoms with Gasteiger partial charge in [0.05, 0.1) is 20.1 Å². The first-order valence-electron chi connectivity index (χ1n) is 9.40. The van der Waals surface area contributed by atoms with E-state index in [0.29, 0.717) is 17.3 Å². The molecule has 0 bridgehead atoms. The van der Waals surface area contributed by atoms with E-state index in [9.17, 15) is 4.79 Å². The van der Waals surface area contributed by atoms with Crippen LogP contribution in [0.25, 0.3) is 0 Å². The van der Waals surface area contributed by atoms with Gasteiger partial charge in [0.1, 0.15) is 0 Å². The molecule has 0 aromatic heterocycles. The normalized spacial score (nSPS) is 34.5. The monoisotopic (exact) mass is 418 g/mol. The van der Waals surface area contributed by atoms with Crippen LogP contribution in [0, 0.1) is 16.2 Å². The lowest BCUT2D eigenvalue weighted by Gasteiger charge is -2.61. The SMILES string of the molecule is COc1cc(Br)c([C@@H]2C(=O)C3=CC[C@]34C(C)(C)CCC[C@]24C)cc1OC. The summed E-state index contributed by atoms with van der Waals surface area (Å²) in [6.45, 7) is 7.06. The number of hydrogen-bond acceptors (Lipinski definition) is 3. The molecule has 0 amide bonds. The van der Waals surface area contributed by atoms with Crippen LogP contribution in [-0.2, 0) is 4.79 Å². The van der Waals surface area contributed by atoms with Crippen LogP contribution in [0.5, 0.6) is 11.5 Å². The fraction of sp³-hybridized carbons (Fsp3) is 0.591. The van der Waals surface area contributed by atoms with E-state index < -0.39 is 0 Å². The lowest BCUT2D eigenvalue weighted by atomic mass is 9.41. The van der Waals surface area contributed by atoms with Gasteiger partial charge in [-0.2, -0.15) is 0 Å². The maximum Gasteiger partial charge on any atom is 0.167 e. The number of ketones is 1. The van der Waals surface area contributed by atoms with Crippen LogP contribution in [0.2, 0.25) is 0 Å². The zero-order chi connectivity index (χ0) is 18.9. The summed E-state index contributed by atoms with van der Waals surface area (Å²) in [7, 11) is 3.28. The average molecular weight is 419 g/mol. The van der Waals surface area contributed by atoms with Gasteiger partial charge in [-0.05, 0) is 53.4 Å². The van der Waals surface area contributed by atoms with E-state index in [-0.39, 0.29) is 22.2 Å². The molecule has 0 radical (unpaired) electrons. The van der Waals surface area contributed by atoms with Crippen LogP contribution in [0.1, 0.15) is 57.9 Å². The summed E-state index contributed by atoms with van der Waals surface area (Å²) in [4.78, 5) is 13.6. The molecule has 1 aromatic carbocycles. The van der Waals surface area contributed by atoms with E-state index in [0.717, 1.165) is 28.5 Å². The molecule has 26 heavy (non-hydrogen) atoms. The van der Waals surface area contributed by atoms with Gasteiger partial charge in [0.2, 0.25) is 0 Å². The van der Waals surface area contributed by atoms with Crippen LogP contribution in [0.15, 0.2) is 28.3 Å². The molecule has 0 aliphatic heterocycles. The average Bonchev–Trinajstić information content (AvgIpc) is 2.67. The van der Waals surface area contributed by atoms with Gasteiger partial charge in [-0.25, -0.2) is 0 Å². The van der Waals surface area contributed by atoms with E-state index >= 15 is 0 Å². The fourth-order valence-corrected chi connectivity index (χ4v) is 6.96. The number of carbonyl (C=O) groups is 1. The lowest BCUT2D eigenvalue weighted by molar-refractivity contribution is -0.117. The Labute approximate surface area is 164 Å². The van der Waals surface area contributed by atoms with E-state index in [1.54, 1.807) is 14.2 Å². The standard InChI is InChI=1S/C22H27BrO3/c1-20(2)8-6-9-21(3)18(19(24)14-7-10-22(14,20)21)13-11-16(25-4)17(26-5)12-15(13)23/h7,11-12,18H,6,8-10H2,1-5H3/t18-,21-,22-/m1/s1. The third-order valence-electron chi connectivity index (χ3n) is 7.68. The Balaban J connectivity index is 1.92. The summed E-state index contributed by atoms with van der Waals surface area (Å²) in [6.07, 6.45) is 6.66. The molecule has 2 fully saturated rings. The van der Waals surface area contributed by atoms with Crippen molar-refractivity contribution in [3.05, 3.63) is 33.8 Å². The van der Waals surface area contributed by atoms with Crippen LogP contribution < -0.4 is 9.47 Å². The molecular weight excluding hydrogens is 392 g/mol. The number of rotatable bonds is 3. The highest BCUT2D eigenvalue weighted by molar-refractivity contribution is 9.10. The first-order valence-corrected chi connectivity index (χ1v) is 10.2. The number of ether oxygens (including phenoxy) is 2. The molecule has 1 spiro atoms. The van der Waals surface area contributed by atoms with Crippen molar-refractivity contribution in [2.75, 3.05) is 14.2 Å². The molecule has 140 valence electrons. The van der Waals surface area contributed by atoms with Crippen LogP contribution in [0.4, 0.5) is 0 Å². The Morgan fingerprint density at radius 2 is 1.73 bits per heavy atom. The molecule has 2 saturated carbocycles. The van der Waals surface area contributed by atoms with Crippen molar-refractivity contribution in [2.24, 2.45) is 16.2 Å². The number of carbonyl (C=O) groups excluding carboxylic acids is 1. The molecule has 0 heterocycles. The first kappa shape index (κ1) is 18.1. The number of hydrogen-bond donors (Lipinski definition) is 0. The Bertz CT molecular complexity index is 825. The highest BCUT2D eigenvalue weighted by Gasteiger charge is 2.72. The van der Waals surface area contributed by atoms with E-state index in [1.165, 1.54) is 12.8 Å². The number of halogens is 1. The zero-order valence-corrected chi connectivity index (χ0v) is 17.8. The largest absolute Gasteiger partial charge is 0.493 e. The van der Waals surface area contributed by atoms with Crippen molar-refractivity contribution in [2.45, 2.75) is 52.4 Å². The third-order valence-corrected chi connectivity index (χ3v) is 8.37. The predicted octanol–water partition coefficient (Wildman–Crippen LogP) is 5.67. The molecule has 4 rings (SSSR count). The zero-order valence-electron chi connectivity index (χ0n) is 16.2.